The van der Waals surface area contributed by atoms with E-state index in [4.69, 9.17) is 0 Å². The summed E-state index contributed by atoms with van der Waals surface area (Å²) in [5, 5.41) is 4.72. The molecule has 3 heteroatoms. The van der Waals surface area contributed by atoms with Gasteiger partial charge in [0.2, 0.25) is 0 Å². The maximum atomic E-state index is 3.81. The Labute approximate surface area is 117 Å². The van der Waals surface area contributed by atoms with Crippen molar-refractivity contribution in [2.45, 2.75) is 68.7 Å². The molecule has 1 saturated carbocycles. The number of rotatable bonds is 5. The summed E-state index contributed by atoms with van der Waals surface area (Å²) in [5.74, 6) is 0. The Morgan fingerprint density at radius 3 is 2.83 bits per heavy atom. The molecule has 1 saturated heterocycles. The van der Waals surface area contributed by atoms with Gasteiger partial charge in [-0.3, -0.25) is 0 Å². The first-order valence-corrected chi connectivity index (χ1v) is 9.05. The Balaban J connectivity index is 1.62. The average molecular weight is 270 g/mol. The largest absolute Gasteiger partial charge is 0.314 e. The van der Waals surface area contributed by atoms with Crippen molar-refractivity contribution in [3.8, 4) is 0 Å². The number of hydrogen-bond acceptors (Lipinski definition) is 3. The molecule has 0 radical (unpaired) electrons. The first kappa shape index (κ1) is 14.7. The van der Waals surface area contributed by atoms with Gasteiger partial charge in [-0.15, -0.1) is 0 Å². The minimum atomic E-state index is 0.796. The second-order valence-corrected chi connectivity index (χ2v) is 7.23. The molecule has 106 valence electrons. The number of nitrogens with one attached hydrogen (secondary N) is 1. The molecular formula is C15H30N2S. The quantitative estimate of drug-likeness (QED) is 0.826. The Morgan fingerprint density at radius 2 is 2.06 bits per heavy atom. The minimum absolute atomic E-state index is 0.796. The van der Waals surface area contributed by atoms with E-state index in [2.05, 4.69) is 35.3 Å². The molecule has 0 aromatic carbocycles. The summed E-state index contributed by atoms with van der Waals surface area (Å²) in [6, 6.07) is 1.64. The SMILES string of the molecule is CSC1CCCC(NCCC2CCCCN2C)C1. The molecule has 1 heterocycles. The summed E-state index contributed by atoms with van der Waals surface area (Å²) in [4.78, 5) is 2.57. The summed E-state index contributed by atoms with van der Waals surface area (Å²) in [6.07, 6.45) is 13.5. The van der Waals surface area contributed by atoms with Gasteiger partial charge in [0.25, 0.3) is 0 Å². The van der Waals surface area contributed by atoms with Crippen molar-refractivity contribution in [1.29, 1.82) is 0 Å². The zero-order valence-electron chi connectivity index (χ0n) is 12.2. The molecule has 0 amide bonds. The molecule has 3 unspecified atom stereocenters. The van der Waals surface area contributed by atoms with Crippen LogP contribution in [0.4, 0.5) is 0 Å². The topological polar surface area (TPSA) is 15.3 Å². The van der Waals surface area contributed by atoms with E-state index >= 15 is 0 Å². The van der Waals surface area contributed by atoms with Crippen molar-refractivity contribution < 1.29 is 0 Å². The molecule has 2 rings (SSSR count). The number of piperidine rings is 1. The highest BCUT2D eigenvalue weighted by atomic mass is 32.2. The van der Waals surface area contributed by atoms with Crippen LogP contribution in [0.3, 0.4) is 0 Å². The van der Waals surface area contributed by atoms with Crippen LogP contribution in [0.2, 0.25) is 0 Å². The fourth-order valence-electron chi connectivity index (χ4n) is 3.51. The van der Waals surface area contributed by atoms with Crippen LogP contribution in [0.15, 0.2) is 0 Å². The van der Waals surface area contributed by atoms with Crippen LogP contribution in [0.5, 0.6) is 0 Å². The van der Waals surface area contributed by atoms with Gasteiger partial charge in [0.05, 0.1) is 0 Å². The third-order valence-electron chi connectivity index (χ3n) is 4.79. The third kappa shape index (κ3) is 4.43. The number of thioether (sulfide) groups is 1. The van der Waals surface area contributed by atoms with Crippen LogP contribution in [0, 0.1) is 0 Å². The van der Waals surface area contributed by atoms with Gasteiger partial charge < -0.3 is 10.2 Å². The van der Waals surface area contributed by atoms with E-state index < -0.39 is 0 Å². The molecule has 0 spiro atoms. The lowest BCUT2D eigenvalue weighted by Crippen LogP contribution is -2.41. The predicted molar refractivity (Wildman–Crippen MR) is 82.4 cm³/mol. The highest BCUT2D eigenvalue weighted by Crippen LogP contribution is 2.27. The molecule has 0 bridgehead atoms. The van der Waals surface area contributed by atoms with Gasteiger partial charge in [-0.25, -0.2) is 0 Å². The molecule has 1 N–H and O–H groups in total. The molecule has 1 aliphatic carbocycles. The van der Waals surface area contributed by atoms with Gasteiger partial charge in [-0.1, -0.05) is 12.8 Å². The first-order valence-electron chi connectivity index (χ1n) is 7.76. The lowest BCUT2D eigenvalue weighted by atomic mass is 9.94. The fraction of sp³-hybridized carbons (Fsp3) is 1.00. The van der Waals surface area contributed by atoms with Gasteiger partial charge in [0, 0.05) is 17.3 Å². The minimum Gasteiger partial charge on any atom is -0.314 e. The van der Waals surface area contributed by atoms with Crippen LogP contribution in [-0.2, 0) is 0 Å². The second kappa shape index (κ2) is 7.76. The maximum Gasteiger partial charge on any atom is 0.0104 e. The van der Waals surface area contributed by atoms with Gasteiger partial charge in [0.15, 0.2) is 0 Å². The van der Waals surface area contributed by atoms with E-state index in [9.17, 15) is 0 Å². The Bertz CT molecular complexity index is 235. The van der Waals surface area contributed by atoms with Crippen molar-refractivity contribution in [3.63, 3.8) is 0 Å². The average Bonchev–Trinajstić information content (AvgIpc) is 2.41. The molecule has 0 aromatic heterocycles. The molecule has 18 heavy (non-hydrogen) atoms. The van der Waals surface area contributed by atoms with Crippen LogP contribution in [-0.4, -0.2) is 48.6 Å². The van der Waals surface area contributed by atoms with Crippen LogP contribution in [0.25, 0.3) is 0 Å². The van der Waals surface area contributed by atoms with E-state index in [0.29, 0.717) is 0 Å². The molecule has 0 aromatic rings. The first-order chi connectivity index (χ1) is 8.79. The summed E-state index contributed by atoms with van der Waals surface area (Å²) >= 11 is 2.06. The zero-order valence-corrected chi connectivity index (χ0v) is 13.0. The summed E-state index contributed by atoms with van der Waals surface area (Å²) in [7, 11) is 2.30. The Hall–Kier alpha value is 0.270. The molecule has 2 nitrogen and oxygen atoms in total. The predicted octanol–water partition coefficient (Wildman–Crippen LogP) is 3.12. The highest BCUT2D eigenvalue weighted by molar-refractivity contribution is 7.99. The zero-order chi connectivity index (χ0) is 12.8. The van der Waals surface area contributed by atoms with E-state index in [0.717, 1.165) is 17.3 Å². The maximum absolute atomic E-state index is 3.81. The number of nitrogens with zero attached hydrogens (tertiary/aromatic N) is 1. The number of likely N-dealkylation sites (tertiary alicyclic amines) is 1. The van der Waals surface area contributed by atoms with Crippen molar-refractivity contribution in [3.05, 3.63) is 0 Å². The molecule has 3 atom stereocenters. The Morgan fingerprint density at radius 1 is 1.17 bits per heavy atom. The summed E-state index contributed by atoms with van der Waals surface area (Å²) in [6.45, 7) is 2.53. The van der Waals surface area contributed by atoms with Crippen LogP contribution in [0.1, 0.15) is 51.4 Å². The lowest BCUT2D eigenvalue weighted by Gasteiger charge is -2.34. The summed E-state index contributed by atoms with van der Waals surface area (Å²) in [5.41, 5.74) is 0. The van der Waals surface area contributed by atoms with E-state index in [1.165, 1.54) is 64.5 Å². The van der Waals surface area contributed by atoms with Crippen LogP contribution >= 0.6 is 11.8 Å². The fourth-order valence-corrected chi connectivity index (χ4v) is 4.33. The molecule has 2 aliphatic rings. The van der Waals surface area contributed by atoms with E-state index in [1.807, 2.05) is 0 Å². The second-order valence-electron chi connectivity index (χ2n) is 6.09. The number of hydrogen-bond donors (Lipinski definition) is 1. The van der Waals surface area contributed by atoms with Crippen molar-refractivity contribution in [2.75, 3.05) is 26.4 Å². The lowest BCUT2D eigenvalue weighted by molar-refractivity contribution is 0.173. The van der Waals surface area contributed by atoms with Gasteiger partial charge in [-0.2, -0.15) is 11.8 Å². The Kier molecular flexibility index (Phi) is 6.33. The van der Waals surface area contributed by atoms with Gasteiger partial charge >= 0.3 is 0 Å². The van der Waals surface area contributed by atoms with Gasteiger partial charge in [-0.05, 0) is 64.9 Å². The van der Waals surface area contributed by atoms with Gasteiger partial charge in [0.1, 0.15) is 0 Å². The van der Waals surface area contributed by atoms with Crippen molar-refractivity contribution in [2.24, 2.45) is 0 Å². The standard InChI is InChI=1S/C15H30N2S/c1-17-11-4-3-7-14(17)9-10-16-13-6-5-8-15(12-13)18-2/h13-16H,3-12H2,1-2H3. The highest BCUT2D eigenvalue weighted by Gasteiger charge is 2.22. The monoisotopic (exact) mass is 270 g/mol. The normalized spacial score (nSPS) is 34.7. The molecule has 2 fully saturated rings. The molecule has 1 aliphatic heterocycles. The van der Waals surface area contributed by atoms with Crippen molar-refractivity contribution >= 4 is 11.8 Å². The molecular weight excluding hydrogens is 240 g/mol. The van der Waals surface area contributed by atoms with E-state index in [-0.39, 0.29) is 0 Å². The van der Waals surface area contributed by atoms with E-state index in [1.54, 1.807) is 0 Å². The van der Waals surface area contributed by atoms with Crippen LogP contribution < -0.4 is 5.32 Å². The summed E-state index contributed by atoms with van der Waals surface area (Å²) < 4.78 is 0. The smallest absolute Gasteiger partial charge is 0.0104 e. The van der Waals surface area contributed by atoms with Crippen molar-refractivity contribution in [1.82, 2.24) is 10.2 Å². The third-order valence-corrected chi connectivity index (χ3v) is 5.89.